The van der Waals surface area contributed by atoms with Gasteiger partial charge in [-0.05, 0) is 31.2 Å². The Morgan fingerprint density at radius 2 is 1.62 bits per heavy atom. The summed E-state index contributed by atoms with van der Waals surface area (Å²) in [6.45, 7) is 4.82. The summed E-state index contributed by atoms with van der Waals surface area (Å²) in [6, 6.07) is 12.4. The first-order valence-corrected chi connectivity index (χ1v) is 9.62. The molecule has 1 aliphatic heterocycles. The molecule has 0 spiro atoms. The van der Waals surface area contributed by atoms with Gasteiger partial charge in [0.15, 0.2) is 11.5 Å². The number of ether oxygens (including phenoxy) is 2. The van der Waals surface area contributed by atoms with Crippen LogP contribution in [0.4, 0.5) is 0 Å². The molecule has 0 unspecified atom stereocenters. The SMILES string of the molecule is COc1ccc([C@H](C)[NH+]2CCN(C(=O)c3ccccc3C(=O)[O-])CC2)cc1OC. The molecule has 2 aromatic rings. The van der Waals surface area contributed by atoms with Crippen LogP contribution >= 0.6 is 0 Å². The van der Waals surface area contributed by atoms with Crippen molar-refractivity contribution in [2.75, 3.05) is 40.4 Å². The van der Waals surface area contributed by atoms with Gasteiger partial charge in [0.1, 0.15) is 6.04 Å². The Bertz CT molecular complexity index is 891. The molecule has 1 atom stereocenters. The number of carboxylic acids is 1. The normalized spacial score (nSPS) is 15.6. The molecule has 1 N–H and O–H groups in total. The fourth-order valence-electron chi connectivity index (χ4n) is 3.81. The molecular weight excluding hydrogens is 372 g/mol. The minimum absolute atomic E-state index is 0.0639. The summed E-state index contributed by atoms with van der Waals surface area (Å²) in [7, 11) is 3.23. The van der Waals surface area contributed by atoms with Gasteiger partial charge in [0.05, 0.1) is 46.4 Å². The maximum atomic E-state index is 12.8. The molecule has 2 aromatic carbocycles. The maximum absolute atomic E-state index is 12.8. The number of rotatable bonds is 6. The smallest absolute Gasteiger partial charge is 0.254 e. The zero-order chi connectivity index (χ0) is 21.0. The van der Waals surface area contributed by atoms with Crippen LogP contribution in [0.25, 0.3) is 0 Å². The molecule has 29 heavy (non-hydrogen) atoms. The van der Waals surface area contributed by atoms with Gasteiger partial charge in [0.2, 0.25) is 0 Å². The highest BCUT2D eigenvalue weighted by Crippen LogP contribution is 2.29. The van der Waals surface area contributed by atoms with E-state index in [4.69, 9.17) is 9.47 Å². The fraction of sp³-hybridized carbons (Fsp3) is 0.364. The van der Waals surface area contributed by atoms with Gasteiger partial charge in [-0.25, -0.2) is 0 Å². The largest absolute Gasteiger partial charge is 0.545 e. The van der Waals surface area contributed by atoms with Crippen LogP contribution in [0.3, 0.4) is 0 Å². The predicted molar refractivity (Wildman–Crippen MR) is 105 cm³/mol. The van der Waals surface area contributed by atoms with Crippen molar-refractivity contribution in [3.05, 3.63) is 59.2 Å². The Labute approximate surface area is 170 Å². The number of nitrogens with one attached hydrogen (secondary N) is 1. The fourth-order valence-corrected chi connectivity index (χ4v) is 3.81. The number of benzene rings is 2. The van der Waals surface area contributed by atoms with Crippen molar-refractivity contribution >= 4 is 11.9 Å². The number of nitrogens with zero attached hydrogens (tertiary/aromatic N) is 1. The van der Waals surface area contributed by atoms with E-state index in [-0.39, 0.29) is 23.1 Å². The summed E-state index contributed by atoms with van der Waals surface area (Å²) >= 11 is 0. The number of quaternary nitrogens is 1. The van der Waals surface area contributed by atoms with Crippen LogP contribution in [-0.4, -0.2) is 57.2 Å². The molecule has 1 amide bonds. The second kappa shape index (κ2) is 8.96. The Kier molecular flexibility index (Phi) is 6.39. The molecule has 1 heterocycles. The van der Waals surface area contributed by atoms with E-state index < -0.39 is 5.97 Å². The Morgan fingerprint density at radius 3 is 2.21 bits per heavy atom. The summed E-state index contributed by atoms with van der Waals surface area (Å²) < 4.78 is 10.7. The molecule has 7 heteroatoms. The standard InChI is InChI=1S/C22H26N2O5/c1-15(16-8-9-19(28-2)20(14-16)29-3)23-10-12-24(13-11-23)21(25)17-6-4-5-7-18(17)22(26)27/h4-9,14-15H,10-13H2,1-3H3,(H,26,27)/t15-/m0/s1. The van der Waals surface area contributed by atoms with E-state index in [1.54, 1.807) is 37.3 Å². The van der Waals surface area contributed by atoms with Gasteiger partial charge in [0, 0.05) is 16.7 Å². The van der Waals surface area contributed by atoms with Gasteiger partial charge in [0.25, 0.3) is 5.91 Å². The average Bonchev–Trinajstić information content (AvgIpc) is 2.77. The van der Waals surface area contributed by atoms with E-state index >= 15 is 0 Å². The highest BCUT2D eigenvalue weighted by Gasteiger charge is 2.29. The number of methoxy groups -OCH3 is 2. The first-order valence-electron chi connectivity index (χ1n) is 9.62. The zero-order valence-electron chi connectivity index (χ0n) is 16.9. The summed E-state index contributed by atoms with van der Waals surface area (Å²) in [5.74, 6) is -0.202. The van der Waals surface area contributed by atoms with Crippen LogP contribution < -0.4 is 19.5 Å². The number of piperazine rings is 1. The molecule has 0 aliphatic carbocycles. The molecule has 0 bridgehead atoms. The van der Waals surface area contributed by atoms with Gasteiger partial charge in [-0.3, -0.25) is 4.79 Å². The summed E-state index contributed by atoms with van der Waals surface area (Å²) in [4.78, 5) is 27.2. The first kappa shape index (κ1) is 20.7. The Hall–Kier alpha value is -3.06. The topological polar surface area (TPSA) is 83.3 Å². The van der Waals surface area contributed by atoms with Crippen molar-refractivity contribution in [2.45, 2.75) is 13.0 Å². The third kappa shape index (κ3) is 4.35. The lowest BCUT2D eigenvalue weighted by Gasteiger charge is -2.36. The molecule has 3 rings (SSSR count). The molecule has 1 aliphatic rings. The lowest BCUT2D eigenvalue weighted by atomic mass is 10.0. The molecule has 1 fully saturated rings. The van der Waals surface area contributed by atoms with Crippen molar-refractivity contribution in [1.82, 2.24) is 4.90 Å². The molecule has 0 saturated carbocycles. The second-order valence-corrected chi connectivity index (χ2v) is 7.12. The van der Waals surface area contributed by atoms with Crippen molar-refractivity contribution < 1.29 is 29.1 Å². The van der Waals surface area contributed by atoms with Gasteiger partial charge in [-0.2, -0.15) is 0 Å². The number of hydrogen-bond donors (Lipinski definition) is 1. The van der Waals surface area contributed by atoms with Crippen molar-refractivity contribution in [2.24, 2.45) is 0 Å². The molecule has 0 radical (unpaired) electrons. The van der Waals surface area contributed by atoms with Gasteiger partial charge >= 0.3 is 0 Å². The molecule has 154 valence electrons. The highest BCUT2D eigenvalue weighted by atomic mass is 16.5. The number of amides is 1. The van der Waals surface area contributed by atoms with Crippen molar-refractivity contribution in [3.8, 4) is 11.5 Å². The maximum Gasteiger partial charge on any atom is 0.254 e. The molecule has 7 nitrogen and oxygen atoms in total. The Morgan fingerprint density at radius 1 is 1.00 bits per heavy atom. The van der Waals surface area contributed by atoms with Crippen LogP contribution in [0.2, 0.25) is 0 Å². The van der Waals surface area contributed by atoms with Gasteiger partial charge < -0.3 is 29.2 Å². The molecule has 0 aromatic heterocycles. The number of carbonyl (C=O) groups excluding carboxylic acids is 2. The van der Waals surface area contributed by atoms with E-state index in [9.17, 15) is 14.7 Å². The average molecular weight is 398 g/mol. The summed E-state index contributed by atoms with van der Waals surface area (Å²) in [6.07, 6.45) is 0. The van der Waals surface area contributed by atoms with E-state index in [0.29, 0.717) is 24.6 Å². The van der Waals surface area contributed by atoms with Crippen LogP contribution in [0.1, 0.15) is 39.2 Å². The minimum atomic E-state index is -1.33. The summed E-state index contributed by atoms with van der Waals surface area (Å²) in [5.41, 5.74) is 1.26. The lowest BCUT2D eigenvalue weighted by molar-refractivity contribution is -0.933. The van der Waals surface area contributed by atoms with Crippen LogP contribution in [0.15, 0.2) is 42.5 Å². The minimum Gasteiger partial charge on any atom is -0.545 e. The monoisotopic (exact) mass is 398 g/mol. The third-order valence-corrected chi connectivity index (χ3v) is 5.59. The van der Waals surface area contributed by atoms with Crippen LogP contribution in [0.5, 0.6) is 11.5 Å². The number of carboxylic acid groups (broad SMARTS) is 1. The van der Waals surface area contributed by atoms with Gasteiger partial charge in [-0.1, -0.05) is 18.2 Å². The quantitative estimate of drug-likeness (QED) is 0.750. The summed E-state index contributed by atoms with van der Waals surface area (Å²) in [5, 5.41) is 11.3. The number of carbonyl (C=O) groups is 2. The van der Waals surface area contributed by atoms with E-state index in [1.807, 2.05) is 18.2 Å². The highest BCUT2D eigenvalue weighted by molar-refractivity contribution is 6.04. The molecule has 1 saturated heterocycles. The Balaban J connectivity index is 1.68. The van der Waals surface area contributed by atoms with E-state index in [1.165, 1.54) is 11.0 Å². The van der Waals surface area contributed by atoms with Crippen molar-refractivity contribution in [3.63, 3.8) is 0 Å². The number of hydrogen-bond acceptors (Lipinski definition) is 5. The second-order valence-electron chi connectivity index (χ2n) is 7.12. The van der Waals surface area contributed by atoms with Gasteiger partial charge in [-0.15, -0.1) is 0 Å². The van der Waals surface area contributed by atoms with E-state index in [0.717, 1.165) is 18.7 Å². The predicted octanol–water partition coefficient (Wildman–Crippen LogP) is 0.169. The first-order chi connectivity index (χ1) is 14.0. The zero-order valence-corrected chi connectivity index (χ0v) is 16.9. The van der Waals surface area contributed by atoms with Crippen LogP contribution in [0, 0.1) is 0 Å². The van der Waals surface area contributed by atoms with Crippen LogP contribution in [-0.2, 0) is 0 Å². The molecular formula is C22H26N2O5. The van der Waals surface area contributed by atoms with Crippen molar-refractivity contribution in [1.29, 1.82) is 0 Å². The lowest BCUT2D eigenvalue weighted by Crippen LogP contribution is -3.14. The third-order valence-electron chi connectivity index (χ3n) is 5.59. The number of aromatic carboxylic acids is 1. The van der Waals surface area contributed by atoms with E-state index in [2.05, 4.69) is 6.92 Å².